The second-order valence-corrected chi connectivity index (χ2v) is 3.47. The van der Waals surface area contributed by atoms with Crippen LogP contribution in [0.15, 0.2) is 24.3 Å². The maximum atomic E-state index is 12.5. The summed E-state index contributed by atoms with van der Waals surface area (Å²) in [6.07, 6.45) is 0. The van der Waals surface area contributed by atoms with Gasteiger partial charge in [0.25, 0.3) is 0 Å². The first-order valence-electron chi connectivity index (χ1n) is 4.61. The predicted molar refractivity (Wildman–Crippen MR) is 61.1 cm³/mol. The monoisotopic (exact) mass is 231 g/mol. The maximum absolute atomic E-state index is 12.5. The normalized spacial score (nSPS) is 9.87. The van der Waals surface area contributed by atoms with Crippen molar-refractivity contribution in [3.63, 3.8) is 0 Å². The van der Waals surface area contributed by atoms with E-state index in [1.54, 1.807) is 0 Å². The lowest BCUT2D eigenvalue weighted by molar-refractivity contribution is 0.0988. The predicted octanol–water partition coefficient (Wildman–Crippen LogP) is 2.43. The molecule has 0 saturated carbocycles. The number of carbonyl (C=O) groups excluding carboxylic acids is 1. The van der Waals surface area contributed by atoms with Crippen LogP contribution in [0.2, 0.25) is 0 Å². The molecule has 84 valence electrons. The highest BCUT2D eigenvalue weighted by molar-refractivity contribution is 5.97. The average Bonchev–Trinajstić information content (AvgIpc) is 2.15. The van der Waals surface area contributed by atoms with Crippen molar-refractivity contribution in [3.8, 4) is 0 Å². The molecular formula is C11H15ClFNO. The molecule has 0 saturated heterocycles. The first-order chi connectivity index (χ1) is 6.59. The maximum Gasteiger partial charge on any atom is 0.176 e. The zero-order chi connectivity index (χ0) is 10.6. The minimum Gasteiger partial charge on any atom is -0.307 e. The molecule has 0 aliphatic heterocycles. The topological polar surface area (TPSA) is 29.1 Å². The third-order valence-electron chi connectivity index (χ3n) is 1.84. The Morgan fingerprint density at radius 3 is 2.33 bits per heavy atom. The van der Waals surface area contributed by atoms with Gasteiger partial charge in [-0.05, 0) is 24.3 Å². The molecule has 0 unspecified atom stereocenters. The second kappa shape index (κ2) is 6.53. The van der Waals surface area contributed by atoms with Crippen LogP contribution in [-0.2, 0) is 0 Å². The lowest BCUT2D eigenvalue weighted by atomic mass is 10.1. The van der Waals surface area contributed by atoms with Gasteiger partial charge in [0.05, 0.1) is 6.54 Å². The molecule has 0 aliphatic carbocycles. The second-order valence-electron chi connectivity index (χ2n) is 3.47. The van der Waals surface area contributed by atoms with Crippen LogP contribution in [0.5, 0.6) is 0 Å². The third kappa shape index (κ3) is 4.91. The van der Waals surface area contributed by atoms with E-state index >= 15 is 0 Å². The summed E-state index contributed by atoms with van der Waals surface area (Å²) in [6, 6.07) is 5.87. The van der Waals surface area contributed by atoms with Gasteiger partial charge in [-0.3, -0.25) is 4.79 Å². The van der Waals surface area contributed by atoms with Gasteiger partial charge in [-0.2, -0.15) is 0 Å². The Morgan fingerprint density at radius 2 is 1.87 bits per heavy atom. The first-order valence-corrected chi connectivity index (χ1v) is 4.61. The standard InChI is InChI=1S/C11H14FNO.ClH/c1-8(2)13-7-11(14)9-3-5-10(12)6-4-9;/h3-6,8,13H,7H2,1-2H3;1H. The van der Waals surface area contributed by atoms with E-state index in [-0.39, 0.29) is 30.0 Å². The molecule has 4 heteroatoms. The molecular weight excluding hydrogens is 217 g/mol. The zero-order valence-corrected chi connectivity index (χ0v) is 9.60. The number of nitrogens with one attached hydrogen (secondary N) is 1. The number of carbonyl (C=O) groups is 1. The minimum atomic E-state index is -0.321. The summed E-state index contributed by atoms with van der Waals surface area (Å²) in [5.41, 5.74) is 0.541. The lowest BCUT2D eigenvalue weighted by Gasteiger charge is -2.06. The summed E-state index contributed by atoms with van der Waals surface area (Å²) >= 11 is 0. The molecule has 0 aliphatic rings. The van der Waals surface area contributed by atoms with Gasteiger partial charge in [-0.25, -0.2) is 4.39 Å². The molecule has 0 aromatic heterocycles. The number of ketones is 1. The molecule has 1 aromatic carbocycles. The number of hydrogen-bond acceptors (Lipinski definition) is 2. The molecule has 0 atom stereocenters. The fraction of sp³-hybridized carbons (Fsp3) is 0.364. The Kier molecular flexibility index (Phi) is 6.13. The third-order valence-corrected chi connectivity index (χ3v) is 1.84. The van der Waals surface area contributed by atoms with Gasteiger partial charge >= 0.3 is 0 Å². The van der Waals surface area contributed by atoms with E-state index in [1.165, 1.54) is 24.3 Å². The summed E-state index contributed by atoms with van der Waals surface area (Å²) in [4.78, 5) is 11.5. The summed E-state index contributed by atoms with van der Waals surface area (Å²) in [5.74, 6) is -0.336. The molecule has 2 nitrogen and oxygen atoms in total. The van der Waals surface area contributed by atoms with Gasteiger partial charge in [0.2, 0.25) is 0 Å². The number of hydrogen-bond donors (Lipinski definition) is 1. The highest BCUT2D eigenvalue weighted by atomic mass is 35.5. The van der Waals surface area contributed by atoms with E-state index in [0.717, 1.165) is 0 Å². The van der Waals surface area contributed by atoms with E-state index in [9.17, 15) is 9.18 Å². The van der Waals surface area contributed by atoms with Crippen LogP contribution in [0.4, 0.5) is 4.39 Å². The SMILES string of the molecule is CC(C)NCC(=O)c1ccc(F)cc1.Cl. The number of halogens is 2. The van der Waals surface area contributed by atoms with Crippen molar-refractivity contribution in [1.82, 2.24) is 5.32 Å². The van der Waals surface area contributed by atoms with Crippen LogP contribution >= 0.6 is 12.4 Å². The molecule has 0 fully saturated rings. The van der Waals surface area contributed by atoms with Gasteiger partial charge in [-0.15, -0.1) is 12.4 Å². The van der Waals surface area contributed by atoms with E-state index in [0.29, 0.717) is 12.1 Å². The van der Waals surface area contributed by atoms with Crippen LogP contribution in [-0.4, -0.2) is 18.4 Å². The van der Waals surface area contributed by atoms with E-state index in [1.807, 2.05) is 13.8 Å². The van der Waals surface area contributed by atoms with E-state index < -0.39 is 0 Å². The Balaban J connectivity index is 0.00000196. The van der Waals surface area contributed by atoms with Gasteiger partial charge in [-0.1, -0.05) is 13.8 Å². The molecule has 1 rings (SSSR count). The van der Waals surface area contributed by atoms with Crippen LogP contribution < -0.4 is 5.32 Å². The zero-order valence-electron chi connectivity index (χ0n) is 8.79. The molecule has 0 bridgehead atoms. The Hall–Kier alpha value is -0.930. The lowest BCUT2D eigenvalue weighted by Crippen LogP contribution is -2.29. The largest absolute Gasteiger partial charge is 0.307 e. The van der Waals surface area contributed by atoms with Crippen LogP contribution in [0.1, 0.15) is 24.2 Å². The molecule has 1 N–H and O–H groups in total. The smallest absolute Gasteiger partial charge is 0.176 e. The van der Waals surface area contributed by atoms with Gasteiger partial charge in [0.1, 0.15) is 5.82 Å². The van der Waals surface area contributed by atoms with Crippen molar-refractivity contribution in [2.75, 3.05) is 6.54 Å². The van der Waals surface area contributed by atoms with Crippen molar-refractivity contribution < 1.29 is 9.18 Å². The summed E-state index contributed by atoms with van der Waals surface area (Å²) in [6.45, 7) is 4.24. The van der Waals surface area contributed by atoms with Crippen LogP contribution in [0.25, 0.3) is 0 Å². The van der Waals surface area contributed by atoms with Crippen molar-refractivity contribution in [1.29, 1.82) is 0 Å². The van der Waals surface area contributed by atoms with Crippen molar-refractivity contribution >= 4 is 18.2 Å². The van der Waals surface area contributed by atoms with Gasteiger partial charge < -0.3 is 5.32 Å². The summed E-state index contributed by atoms with van der Waals surface area (Å²) in [7, 11) is 0. The fourth-order valence-corrected chi connectivity index (χ4v) is 1.03. The van der Waals surface area contributed by atoms with Crippen molar-refractivity contribution in [3.05, 3.63) is 35.6 Å². The fourth-order valence-electron chi connectivity index (χ4n) is 1.03. The molecule has 1 aromatic rings. The molecule has 0 amide bonds. The Bertz CT molecular complexity index is 311. The molecule has 0 radical (unpaired) electrons. The Morgan fingerprint density at radius 1 is 1.33 bits per heavy atom. The summed E-state index contributed by atoms with van der Waals surface area (Å²) in [5, 5.41) is 3.02. The number of benzene rings is 1. The van der Waals surface area contributed by atoms with Crippen LogP contribution in [0.3, 0.4) is 0 Å². The molecule has 0 spiro atoms. The van der Waals surface area contributed by atoms with Crippen molar-refractivity contribution in [2.45, 2.75) is 19.9 Å². The quantitative estimate of drug-likeness (QED) is 0.807. The molecule has 0 heterocycles. The number of rotatable bonds is 4. The number of Topliss-reactive ketones (excluding diaryl/α,β-unsaturated/α-hetero) is 1. The van der Waals surface area contributed by atoms with Crippen molar-refractivity contribution in [2.24, 2.45) is 0 Å². The highest BCUT2D eigenvalue weighted by Crippen LogP contribution is 2.03. The summed E-state index contributed by atoms with van der Waals surface area (Å²) < 4.78 is 12.5. The van der Waals surface area contributed by atoms with E-state index in [2.05, 4.69) is 5.32 Å². The van der Waals surface area contributed by atoms with Gasteiger partial charge in [0.15, 0.2) is 5.78 Å². The first kappa shape index (κ1) is 14.1. The Labute approximate surface area is 95.3 Å². The minimum absolute atomic E-state index is 0. The highest BCUT2D eigenvalue weighted by Gasteiger charge is 2.05. The molecule has 15 heavy (non-hydrogen) atoms. The van der Waals surface area contributed by atoms with Crippen LogP contribution in [0, 0.1) is 5.82 Å². The average molecular weight is 232 g/mol. The van der Waals surface area contributed by atoms with Gasteiger partial charge in [0, 0.05) is 11.6 Å². The van der Waals surface area contributed by atoms with E-state index in [4.69, 9.17) is 0 Å².